The molecule has 1 saturated heterocycles. The van der Waals surface area contributed by atoms with Crippen molar-refractivity contribution in [3.63, 3.8) is 0 Å². The molecule has 186 valence electrons. The van der Waals surface area contributed by atoms with Gasteiger partial charge in [-0.25, -0.2) is 4.79 Å². The van der Waals surface area contributed by atoms with E-state index in [1.165, 1.54) is 0 Å². The average molecular weight is 564 g/mol. The van der Waals surface area contributed by atoms with Crippen LogP contribution in [0.2, 0.25) is 5.02 Å². The summed E-state index contributed by atoms with van der Waals surface area (Å²) in [7, 11) is 0. The number of halogens is 2. The lowest BCUT2D eigenvalue weighted by Gasteiger charge is -2.38. The Bertz CT molecular complexity index is 833. The minimum Gasteiger partial charge on any atom is -0.598 e. The van der Waals surface area contributed by atoms with Crippen molar-refractivity contribution in [1.29, 1.82) is 0 Å². The number of rotatable bonds is 7. The van der Waals surface area contributed by atoms with Gasteiger partial charge in [-0.3, -0.25) is 0 Å². The molecule has 1 N–H and O–H groups in total. The SMILES string of the molecule is C=CCOc1cc(Br)c(Cl)cc1C(N[S+]([O-])C(C)(C)C)C1CCN(C(=O)OC(C)(C)C)CC1. The molecule has 2 atom stereocenters. The van der Waals surface area contributed by atoms with Gasteiger partial charge >= 0.3 is 6.09 Å². The summed E-state index contributed by atoms with van der Waals surface area (Å²) >= 11 is 8.62. The summed E-state index contributed by atoms with van der Waals surface area (Å²) in [5.74, 6) is 0.780. The van der Waals surface area contributed by atoms with E-state index < -0.39 is 21.7 Å². The normalized spacial score (nSPS) is 17.4. The molecule has 2 unspecified atom stereocenters. The van der Waals surface area contributed by atoms with E-state index in [1.807, 2.05) is 53.7 Å². The van der Waals surface area contributed by atoms with Crippen LogP contribution in [0.5, 0.6) is 5.75 Å². The predicted octanol–water partition coefficient (Wildman–Crippen LogP) is 6.41. The molecule has 1 aliphatic rings. The maximum absolute atomic E-state index is 13.1. The van der Waals surface area contributed by atoms with Gasteiger partial charge in [0.25, 0.3) is 0 Å². The Hall–Kier alpha value is -0.930. The number of likely N-dealkylation sites (tertiary alicyclic amines) is 1. The summed E-state index contributed by atoms with van der Waals surface area (Å²) in [5.41, 5.74) is 0.311. The molecule has 0 spiro atoms. The number of piperidine rings is 1. The molecular formula is C24H36BrClN2O4S. The van der Waals surface area contributed by atoms with E-state index in [9.17, 15) is 9.35 Å². The third-order valence-corrected chi connectivity index (χ3v) is 7.97. The van der Waals surface area contributed by atoms with Crippen molar-refractivity contribution in [2.45, 2.75) is 70.8 Å². The standard InChI is InChI=1S/C24H36BrClN2O4S/c1-8-13-31-20-15-18(25)19(26)14-17(20)21(27-33(30)24(5,6)7)16-9-11-28(12-10-16)22(29)32-23(2,3)4/h8,14-16,21,27H,1,9-13H2,2-7H3. The average Bonchev–Trinajstić information content (AvgIpc) is 2.70. The highest BCUT2D eigenvalue weighted by Gasteiger charge is 2.38. The lowest BCUT2D eigenvalue weighted by Crippen LogP contribution is -2.47. The molecular weight excluding hydrogens is 528 g/mol. The Kier molecular flexibility index (Phi) is 10.0. The van der Waals surface area contributed by atoms with Crippen molar-refractivity contribution in [1.82, 2.24) is 9.62 Å². The van der Waals surface area contributed by atoms with Gasteiger partial charge in [-0.15, -0.1) is 4.72 Å². The van der Waals surface area contributed by atoms with Crippen molar-refractivity contribution in [3.05, 3.63) is 39.8 Å². The molecule has 0 aliphatic carbocycles. The number of ether oxygens (including phenoxy) is 2. The van der Waals surface area contributed by atoms with Crippen LogP contribution in [0.15, 0.2) is 29.3 Å². The summed E-state index contributed by atoms with van der Waals surface area (Å²) in [5, 5.41) is 0.551. The molecule has 1 aromatic rings. The van der Waals surface area contributed by atoms with Gasteiger partial charge in [-0.2, -0.15) is 0 Å². The summed E-state index contributed by atoms with van der Waals surface area (Å²) < 4.78 is 28.2. The summed E-state index contributed by atoms with van der Waals surface area (Å²) in [4.78, 5) is 14.3. The van der Waals surface area contributed by atoms with Crippen molar-refractivity contribution in [2.75, 3.05) is 19.7 Å². The molecule has 1 aromatic carbocycles. The highest BCUT2D eigenvalue weighted by molar-refractivity contribution is 9.10. The molecule has 6 nitrogen and oxygen atoms in total. The van der Waals surface area contributed by atoms with Gasteiger partial charge in [0.2, 0.25) is 0 Å². The van der Waals surface area contributed by atoms with Crippen LogP contribution in [0.1, 0.15) is 66.0 Å². The lowest BCUT2D eigenvalue weighted by molar-refractivity contribution is 0.0171. The Labute approximate surface area is 214 Å². The van der Waals surface area contributed by atoms with Gasteiger partial charge in [-0.05, 0) is 88.4 Å². The number of hydrogen-bond donors (Lipinski definition) is 1. The molecule has 2 rings (SSSR count). The largest absolute Gasteiger partial charge is 0.598 e. The Balaban J connectivity index is 2.32. The van der Waals surface area contributed by atoms with Crippen molar-refractivity contribution < 1.29 is 18.8 Å². The van der Waals surface area contributed by atoms with Gasteiger partial charge in [0.1, 0.15) is 22.7 Å². The maximum atomic E-state index is 13.1. The van der Waals surface area contributed by atoms with E-state index in [0.717, 1.165) is 22.9 Å². The van der Waals surface area contributed by atoms with Crippen LogP contribution in [0.3, 0.4) is 0 Å². The molecule has 0 radical (unpaired) electrons. The topological polar surface area (TPSA) is 73.9 Å². The van der Waals surface area contributed by atoms with Crippen LogP contribution in [0.4, 0.5) is 4.79 Å². The molecule has 1 amide bonds. The van der Waals surface area contributed by atoms with Crippen LogP contribution in [-0.4, -0.2) is 45.6 Å². The molecule has 1 heterocycles. The first-order chi connectivity index (χ1) is 15.2. The number of benzene rings is 1. The molecule has 9 heteroatoms. The van der Waals surface area contributed by atoms with Gasteiger partial charge in [-0.1, -0.05) is 24.3 Å². The highest BCUT2D eigenvalue weighted by Crippen LogP contribution is 2.41. The first kappa shape index (κ1) is 28.3. The predicted molar refractivity (Wildman–Crippen MR) is 139 cm³/mol. The van der Waals surface area contributed by atoms with E-state index in [1.54, 1.807) is 11.0 Å². The number of amides is 1. The highest BCUT2D eigenvalue weighted by atomic mass is 79.9. The monoisotopic (exact) mass is 562 g/mol. The molecule has 0 aromatic heterocycles. The Morgan fingerprint density at radius 1 is 1.33 bits per heavy atom. The van der Waals surface area contributed by atoms with E-state index in [0.29, 0.717) is 30.5 Å². The Morgan fingerprint density at radius 3 is 2.45 bits per heavy atom. The first-order valence-corrected chi connectivity index (χ1v) is 13.4. The molecule has 33 heavy (non-hydrogen) atoms. The number of hydrogen-bond acceptors (Lipinski definition) is 5. The van der Waals surface area contributed by atoms with E-state index >= 15 is 0 Å². The van der Waals surface area contributed by atoms with E-state index in [4.69, 9.17) is 21.1 Å². The van der Waals surface area contributed by atoms with Gasteiger partial charge < -0.3 is 18.9 Å². The minimum absolute atomic E-state index is 0.123. The zero-order chi connectivity index (χ0) is 25.0. The number of carbonyl (C=O) groups excluding carboxylic acids is 1. The summed E-state index contributed by atoms with van der Waals surface area (Å²) in [6.07, 6.45) is 2.84. The summed E-state index contributed by atoms with van der Waals surface area (Å²) in [6, 6.07) is 3.43. The quantitative estimate of drug-likeness (QED) is 0.307. The zero-order valence-electron chi connectivity index (χ0n) is 20.4. The van der Waals surface area contributed by atoms with E-state index in [-0.39, 0.29) is 18.1 Å². The zero-order valence-corrected chi connectivity index (χ0v) is 23.5. The Morgan fingerprint density at radius 2 is 1.94 bits per heavy atom. The fourth-order valence-corrected chi connectivity index (χ4v) is 4.91. The molecule has 0 saturated carbocycles. The van der Waals surface area contributed by atoms with Crippen LogP contribution in [0.25, 0.3) is 0 Å². The van der Waals surface area contributed by atoms with Crippen LogP contribution >= 0.6 is 27.5 Å². The number of nitrogens with zero attached hydrogens (tertiary/aromatic N) is 1. The fraction of sp³-hybridized carbons (Fsp3) is 0.625. The maximum Gasteiger partial charge on any atom is 0.410 e. The molecule has 0 bridgehead atoms. The second-order valence-corrected chi connectivity index (χ2v) is 13.4. The van der Waals surface area contributed by atoms with Crippen LogP contribution in [0, 0.1) is 5.92 Å². The fourth-order valence-electron chi connectivity index (χ4n) is 3.51. The molecule has 1 fully saturated rings. The van der Waals surface area contributed by atoms with Gasteiger partial charge in [0.15, 0.2) is 0 Å². The smallest absolute Gasteiger partial charge is 0.410 e. The summed E-state index contributed by atoms with van der Waals surface area (Å²) in [6.45, 7) is 16.6. The van der Waals surface area contributed by atoms with Crippen molar-refractivity contribution >= 4 is 45.0 Å². The molecule has 1 aliphatic heterocycles. The van der Waals surface area contributed by atoms with Crippen LogP contribution in [-0.2, 0) is 16.1 Å². The van der Waals surface area contributed by atoms with Crippen molar-refractivity contribution in [2.24, 2.45) is 5.92 Å². The second kappa shape index (κ2) is 11.7. The van der Waals surface area contributed by atoms with E-state index in [2.05, 4.69) is 27.2 Å². The first-order valence-electron chi connectivity index (χ1n) is 11.1. The third-order valence-electron chi connectivity index (χ3n) is 5.20. The van der Waals surface area contributed by atoms with Crippen molar-refractivity contribution in [3.8, 4) is 5.75 Å². The number of nitrogens with one attached hydrogen (secondary N) is 1. The van der Waals surface area contributed by atoms with Gasteiger partial charge in [0, 0.05) is 34.5 Å². The minimum atomic E-state index is -1.31. The third kappa shape index (κ3) is 8.35. The van der Waals surface area contributed by atoms with Crippen LogP contribution < -0.4 is 9.46 Å². The van der Waals surface area contributed by atoms with Gasteiger partial charge in [0.05, 0.1) is 11.1 Å². The second-order valence-electron chi connectivity index (χ2n) is 10.2. The lowest BCUT2D eigenvalue weighted by atomic mass is 9.85. The number of carbonyl (C=O) groups is 1.